The first-order valence-corrected chi connectivity index (χ1v) is 21.3. The SMILES string of the molecule is Nc1ncnc2c1n(-c1ccc(Oc3ccccc3)cc1)c(=O)n2C1CCN(C2CN(CC3CCN(Cc4ccc5c(c4)C(=O)N(C4CCC(=O)NC4=O)C5=O)CC3)C2)CC1. The molecule has 7 heterocycles. The van der Waals surface area contributed by atoms with Crippen LogP contribution in [0.3, 0.4) is 0 Å². The molecule has 16 heteroatoms. The van der Waals surface area contributed by atoms with Crippen molar-refractivity contribution in [2.45, 2.75) is 63.2 Å². The van der Waals surface area contributed by atoms with Crippen LogP contribution in [0.5, 0.6) is 11.5 Å². The number of carbonyl (C=O) groups excluding carboxylic acids is 4. The van der Waals surface area contributed by atoms with E-state index in [0.717, 1.165) is 87.7 Å². The molecule has 5 aromatic rings. The number of nitrogens with two attached hydrogens (primary N) is 1. The molecule has 314 valence electrons. The molecule has 4 fully saturated rings. The minimum Gasteiger partial charge on any atom is -0.457 e. The van der Waals surface area contributed by atoms with E-state index in [0.29, 0.717) is 52.2 Å². The van der Waals surface area contributed by atoms with Crippen LogP contribution in [0.25, 0.3) is 16.9 Å². The highest BCUT2D eigenvalue weighted by atomic mass is 16.5. The van der Waals surface area contributed by atoms with Gasteiger partial charge in [0.2, 0.25) is 11.8 Å². The van der Waals surface area contributed by atoms with Crippen molar-refractivity contribution < 1.29 is 23.9 Å². The van der Waals surface area contributed by atoms with Crippen LogP contribution >= 0.6 is 0 Å². The summed E-state index contributed by atoms with van der Waals surface area (Å²) >= 11 is 0. The van der Waals surface area contributed by atoms with Crippen LogP contribution in [-0.4, -0.2) is 120 Å². The lowest BCUT2D eigenvalue weighted by Gasteiger charge is -2.49. The van der Waals surface area contributed by atoms with Crippen molar-refractivity contribution >= 4 is 40.6 Å². The minimum absolute atomic E-state index is 0.00355. The number of piperidine rings is 3. The first-order chi connectivity index (χ1) is 29.7. The molecule has 0 aliphatic carbocycles. The quantitative estimate of drug-likeness (QED) is 0.196. The van der Waals surface area contributed by atoms with Crippen LogP contribution in [0.4, 0.5) is 5.82 Å². The Balaban J connectivity index is 0.702. The highest BCUT2D eigenvalue weighted by molar-refractivity contribution is 6.23. The molecule has 5 aliphatic rings. The van der Waals surface area contributed by atoms with Gasteiger partial charge in [0.05, 0.1) is 16.8 Å². The molecule has 0 bridgehead atoms. The predicted octanol–water partition coefficient (Wildman–Crippen LogP) is 3.59. The second-order valence-corrected chi connectivity index (χ2v) is 17.0. The summed E-state index contributed by atoms with van der Waals surface area (Å²) in [4.78, 5) is 82.0. The number of nitrogens with zero attached hydrogens (tertiary/aromatic N) is 8. The molecule has 3 aromatic carbocycles. The maximum Gasteiger partial charge on any atom is 0.335 e. The van der Waals surface area contributed by atoms with Gasteiger partial charge < -0.3 is 10.5 Å². The Kier molecular flexibility index (Phi) is 10.2. The van der Waals surface area contributed by atoms with Crippen LogP contribution in [0.2, 0.25) is 0 Å². The largest absolute Gasteiger partial charge is 0.457 e. The van der Waals surface area contributed by atoms with Gasteiger partial charge >= 0.3 is 5.69 Å². The Hall–Kier alpha value is -6.23. The normalized spacial score (nSPS) is 21.2. The highest BCUT2D eigenvalue weighted by Gasteiger charge is 2.45. The number of anilines is 1. The molecule has 0 spiro atoms. The number of aromatic nitrogens is 4. The van der Waals surface area contributed by atoms with E-state index in [2.05, 4.69) is 30.0 Å². The third-order valence-electron chi connectivity index (χ3n) is 13.2. The average molecular weight is 825 g/mol. The van der Waals surface area contributed by atoms with Crippen molar-refractivity contribution in [3.63, 3.8) is 0 Å². The standard InChI is InChI=1S/C45H48N10O6/c46-40-39-41(48-27-47-40)54(45(60)53(39)30-7-9-34(10-8-30)61-33-4-2-1-3-5-33)31-16-20-52(21-17-31)32-25-51(26-32)23-28-14-18-50(19-15-28)24-29-6-11-35-36(22-29)44(59)55(43(35)58)37-12-13-38(56)49-42(37)57/h1-11,22,27-28,31-32,37H,12-21,23-26H2,(H2,46,47,48)(H,49,56,57). The van der Waals surface area contributed by atoms with Gasteiger partial charge in [0.15, 0.2) is 11.5 Å². The number of imidazole rings is 1. The van der Waals surface area contributed by atoms with Gasteiger partial charge in [-0.1, -0.05) is 24.3 Å². The van der Waals surface area contributed by atoms with Gasteiger partial charge in [-0.15, -0.1) is 0 Å². The fourth-order valence-electron chi connectivity index (χ4n) is 9.92. The molecule has 4 saturated heterocycles. The van der Waals surface area contributed by atoms with Gasteiger partial charge in [0.25, 0.3) is 11.8 Å². The van der Waals surface area contributed by atoms with E-state index in [1.807, 2.05) is 65.2 Å². The summed E-state index contributed by atoms with van der Waals surface area (Å²) in [6, 6.07) is 21.9. The highest BCUT2D eigenvalue weighted by Crippen LogP contribution is 2.33. The van der Waals surface area contributed by atoms with E-state index in [1.54, 1.807) is 16.7 Å². The molecule has 0 saturated carbocycles. The Bertz CT molecular complexity index is 2570. The molecule has 4 amide bonds. The minimum atomic E-state index is -0.964. The molecule has 2 aromatic heterocycles. The average Bonchev–Trinajstić information content (AvgIpc) is 3.69. The van der Waals surface area contributed by atoms with Crippen molar-refractivity contribution in [3.05, 3.63) is 106 Å². The van der Waals surface area contributed by atoms with Crippen LogP contribution in [0, 0.1) is 5.92 Å². The van der Waals surface area contributed by atoms with Gasteiger partial charge in [0.1, 0.15) is 29.4 Å². The number of imide groups is 2. The second-order valence-electron chi connectivity index (χ2n) is 17.0. The summed E-state index contributed by atoms with van der Waals surface area (Å²) in [7, 11) is 0. The molecule has 1 atom stereocenters. The summed E-state index contributed by atoms with van der Waals surface area (Å²) in [6.07, 6.45) is 5.55. The summed E-state index contributed by atoms with van der Waals surface area (Å²) in [5.41, 5.74) is 9.57. The molecule has 61 heavy (non-hydrogen) atoms. The zero-order valence-corrected chi connectivity index (χ0v) is 33.8. The van der Waals surface area contributed by atoms with E-state index in [9.17, 15) is 24.0 Å². The summed E-state index contributed by atoms with van der Waals surface area (Å²) < 4.78 is 9.42. The van der Waals surface area contributed by atoms with Crippen LogP contribution in [0.1, 0.15) is 70.8 Å². The number of likely N-dealkylation sites (tertiary alicyclic amines) is 3. The van der Waals surface area contributed by atoms with Crippen LogP contribution in [-0.2, 0) is 16.1 Å². The molecular formula is C45H48N10O6. The van der Waals surface area contributed by atoms with Crippen LogP contribution < -0.4 is 21.5 Å². The monoisotopic (exact) mass is 824 g/mol. The number of amides is 4. The summed E-state index contributed by atoms with van der Waals surface area (Å²) in [6.45, 7) is 7.61. The predicted molar refractivity (Wildman–Crippen MR) is 225 cm³/mol. The van der Waals surface area contributed by atoms with Gasteiger partial charge in [-0.25, -0.2) is 14.8 Å². The van der Waals surface area contributed by atoms with Gasteiger partial charge in [-0.3, -0.25) is 53.2 Å². The van der Waals surface area contributed by atoms with E-state index < -0.39 is 23.8 Å². The molecule has 1 unspecified atom stereocenters. The van der Waals surface area contributed by atoms with E-state index in [4.69, 9.17) is 10.5 Å². The number of nitrogen functional groups attached to an aromatic ring is 1. The Morgan fingerprint density at radius 1 is 0.738 bits per heavy atom. The van der Waals surface area contributed by atoms with Crippen LogP contribution in [0.15, 0.2) is 83.9 Å². The summed E-state index contributed by atoms with van der Waals surface area (Å²) in [5, 5.41) is 2.25. The Labute approximate surface area is 351 Å². The van der Waals surface area contributed by atoms with Gasteiger partial charge in [0, 0.05) is 57.8 Å². The number of hydrogen-bond donors (Lipinski definition) is 2. The Morgan fingerprint density at radius 3 is 2.20 bits per heavy atom. The topological polar surface area (TPSA) is 181 Å². The van der Waals surface area contributed by atoms with E-state index in [1.165, 1.54) is 6.33 Å². The zero-order chi connectivity index (χ0) is 41.8. The number of para-hydroxylation sites is 1. The molecule has 0 radical (unpaired) electrons. The molecular weight excluding hydrogens is 777 g/mol. The van der Waals surface area contributed by atoms with Gasteiger partial charge in [-0.2, -0.15) is 0 Å². The number of benzene rings is 3. The fourth-order valence-corrected chi connectivity index (χ4v) is 9.92. The molecule has 16 nitrogen and oxygen atoms in total. The first-order valence-electron chi connectivity index (χ1n) is 21.3. The lowest BCUT2D eigenvalue weighted by molar-refractivity contribution is -0.136. The number of ether oxygens (including phenoxy) is 1. The number of hydrogen-bond acceptors (Lipinski definition) is 12. The number of carbonyl (C=O) groups is 4. The fraction of sp³-hybridized carbons (Fsp3) is 0.400. The van der Waals surface area contributed by atoms with Crippen molar-refractivity contribution in [3.8, 4) is 17.2 Å². The molecule has 3 N–H and O–H groups in total. The van der Waals surface area contributed by atoms with E-state index >= 15 is 0 Å². The lowest BCUT2D eigenvalue weighted by Crippen LogP contribution is -2.61. The smallest absolute Gasteiger partial charge is 0.335 e. The van der Waals surface area contributed by atoms with Crippen molar-refractivity contribution in [2.24, 2.45) is 5.92 Å². The van der Waals surface area contributed by atoms with Gasteiger partial charge in [-0.05, 0) is 105 Å². The van der Waals surface area contributed by atoms with Crippen molar-refractivity contribution in [2.75, 3.05) is 51.5 Å². The third kappa shape index (κ3) is 7.38. The maximum absolute atomic E-state index is 14.2. The number of rotatable bonds is 10. The van der Waals surface area contributed by atoms with Crippen molar-refractivity contribution in [1.29, 1.82) is 0 Å². The number of nitrogens with one attached hydrogen (secondary N) is 1. The number of fused-ring (bicyclic) bond motifs is 2. The first kappa shape index (κ1) is 38.9. The zero-order valence-electron chi connectivity index (χ0n) is 33.8. The molecule has 5 aliphatic heterocycles. The van der Waals surface area contributed by atoms with Crippen molar-refractivity contribution in [1.82, 2.24) is 44.0 Å². The Morgan fingerprint density at radius 2 is 1.46 bits per heavy atom. The van der Waals surface area contributed by atoms with E-state index in [-0.39, 0.29) is 36.3 Å². The maximum atomic E-state index is 14.2. The lowest BCUT2D eigenvalue weighted by atomic mass is 9.93. The molecule has 10 rings (SSSR count). The summed E-state index contributed by atoms with van der Waals surface area (Å²) in [5.74, 6) is 0.341. The third-order valence-corrected chi connectivity index (χ3v) is 13.2. The second kappa shape index (κ2) is 16.0.